The molecule has 5 nitrogen and oxygen atoms in total. The Balaban J connectivity index is 1.79. The lowest BCUT2D eigenvalue weighted by molar-refractivity contribution is 0.101. The third-order valence-corrected chi connectivity index (χ3v) is 5.23. The number of benzene rings is 2. The maximum atomic E-state index is 12.1. The SMILES string of the molecule is C=CCn1c(-c2cccc(O)c2)csc1=NN=C1CC(=O)c2ccccc21. The van der Waals surface area contributed by atoms with Crippen LogP contribution < -0.4 is 4.80 Å². The van der Waals surface area contributed by atoms with Gasteiger partial charge in [0, 0.05) is 28.6 Å². The maximum Gasteiger partial charge on any atom is 0.211 e. The highest BCUT2D eigenvalue weighted by Crippen LogP contribution is 2.24. The van der Waals surface area contributed by atoms with E-state index in [4.69, 9.17) is 0 Å². The van der Waals surface area contributed by atoms with Gasteiger partial charge < -0.3 is 9.67 Å². The van der Waals surface area contributed by atoms with Crippen LogP contribution in [-0.4, -0.2) is 21.2 Å². The van der Waals surface area contributed by atoms with Gasteiger partial charge in [0.25, 0.3) is 0 Å². The van der Waals surface area contributed by atoms with Gasteiger partial charge in [-0.2, -0.15) is 5.10 Å². The first kappa shape index (κ1) is 17.2. The number of nitrogens with zero attached hydrogens (tertiary/aromatic N) is 3. The van der Waals surface area contributed by atoms with Gasteiger partial charge in [-0.15, -0.1) is 23.0 Å². The summed E-state index contributed by atoms with van der Waals surface area (Å²) in [4.78, 5) is 12.8. The number of allylic oxidation sites excluding steroid dienone is 1. The summed E-state index contributed by atoms with van der Waals surface area (Å²) in [6.45, 7) is 4.38. The van der Waals surface area contributed by atoms with E-state index in [1.165, 1.54) is 11.3 Å². The maximum absolute atomic E-state index is 12.1. The molecule has 0 saturated heterocycles. The molecule has 0 bridgehead atoms. The van der Waals surface area contributed by atoms with Crippen LogP contribution in [0.25, 0.3) is 11.3 Å². The zero-order chi connectivity index (χ0) is 18.8. The summed E-state index contributed by atoms with van der Waals surface area (Å²) in [7, 11) is 0. The second-order valence-corrected chi connectivity index (χ2v) is 6.98. The number of rotatable bonds is 4. The van der Waals surface area contributed by atoms with Crippen LogP contribution in [0.1, 0.15) is 22.3 Å². The summed E-state index contributed by atoms with van der Waals surface area (Å²) in [5, 5.41) is 20.5. The summed E-state index contributed by atoms with van der Waals surface area (Å²) < 4.78 is 1.99. The highest BCUT2D eigenvalue weighted by molar-refractivity contribution is 7.07. The molecule has 1 aliphatic carbocycles. The Hall–Kier alpha value is -3.25. The van der Waals surface area contributed by atoms with Crippen molar-refractivity contribution in [3.8, 4) is 17.0 Å². The Kier molecular flexibility index (Phi) is 4.56. The molecule has 1 aromatic heterocycles. The van der Waals surface area contributed by atoms with Gasteiger partial charge in [-0.25, -0.2) is 0 Å². The fraction of sp³-hybridized carbons (Fsp3) is 0.0952. The summed E-state index contributed by atoms with van der Waals surface area (Å²) in [6, 6.07) is 14.6. The third-order valence-electron chi connectivity index (χ3n) is 4.37. The molecule has 0 atom stereocenters. The van der Waals surface area contributed by atoms with Gasteiger partial charge in [0.15, 0.2) is 5.78 Å². The quantitative estimate of drug-likeness (QED) is 0.553. The minimum atomic E-state index is 0.0742. The Labute approximate surface area is 160 Å². The molecule has 0 unspecified atom stereocenters. The molecule has 0 amide bonds. The summed E-state index contributed by atoms with van der Waals surface area (Å²) in [5.41, 5.74) is 4.07. The van der Waals surface area contributed by atoms with E-state index in [2.05, 4.69) is 16.8 Å². The number of hydrogen-bond donors (Lipinski definition) is 1. The minimum Gasteiger partial charge on any atom is -0.508 e. The predicted molar refractivity (Wildman–Crippen MR) is 107 cm³/mol. The van der Waals surface area contributed by atoms with Crippen molar-refractivity contribution in [2.75, 3.05) is 0 Å². The molecule has 0 saturated carbocycles. The fourth-order valence-corrected chi connectivity index (χ4v) is 3.99. The molecule has 0 radical (unpaired) electrons. The second-order valence-electron chi connectivity index (χ2n) is 6.15. The molecule has 3 aromatic rings. The van der Waals surface area contributed by atoms with E-state index in [1.54, 1.807) is 24.3 Å². The van der Waals surface area contributed by atoms with Crippen LogP contribution >= 0.6 is 11.3 Å². The van der Waals surface area contributed by atoms with Crippen LogP contribution in [0.15, 0.2) is 76.8 Å². The number of carbonyl (C=O) groups is 1. The lowest BCUT2D eigenvalue weighted by Gasteiger charge is -2.06. The molecule has 6 heteroatoms. The topological polar surface area (TPSA) is 66.9 Å². The van der Waals surface area contributed by atoms with E-state index < -0.39 is 0 Å². The summed E-state index contributed by atoms with van der Waals surface area (Å²) >= 11 is 1.46. The molecule has 134 valence electrons. The first-order chi connectivity index (χ1) is 13.2. The van der Waals surface area contributed by atoms with E-state index in [9.17, 15) is 9.90 Å². The molecular formula is C21H17N3O2S. The molecular weight excluding hydrogens is 358 g/mol. The van der Waals surface area contributed by atoms with Gasteiger partial charge in [-0.05, 0) is 12.1 Å². The number of Topliss-reactive ketones (excluding diaryl/α,β-unsaturated/α-hetero) is 1. The van der Waals surface area contributed by atoms with Gasteiger partial charge in [0.1, 0.15) is 5.75 Å². The number of hydrogen-bond acceptors (Lipinski definition) is 5. The zero-order valence-electron chi connectivity index (χ0n) is 14.5. The molecule has 1 N–H and O–H groups in total. The number of thiazole rings is 1. The fourth-order valence-electron chi connectivity index (χ4n) is 3.12. The first-order valence-corrected chi connectivity index (χ1v) is 9.37. The van der Waals surface area contributed by atoms with Crippen molar-refractivity contribution < 1.29 is 9.90 Å². The highest BCUT2D eigenvalue weighted by Gasteiger charge is 2.24. The monoisotopic (exact) mass is 375 g/mol. The van der Waals surface area contributed by atoms with E-state index in [0.29, 0.717) is 22.6 Å². The second kappa shape index (κ2) is 7.17. The average molecular weight is 375 g/mol. The van der Waals surface area contributed by atoms with Gasteiger partial charge in [0.2, 0.25) is 4.80 Å². The van der Waals surface area contributed by atoms with Gasteiger partial charge in [0.05, 0.1) is 17.8 Å². The Morgan fingerprint density at radius 2 is 1.96 bits per heavy atom. The number of aromatic nitrogens is 1. The van der Waals surface area contributed by atoms with Crippen LogP contribution in [0.3, 0.4) is 0 Å². The van der Waals surface area contributed by atoms with Crippen molar-refractivity contribution in [1.29, 1.82) is 0 Å². The van der Waals surface area contributed by atoms with Crippen LogP contribution in [-0.2, 0) is 6.54 Å². The number of ketones is 1. The molecule has 4 rings (SSSR count). The number of fused-ring (bicyclic) bond motifs is 1. The van der Waals surface area contributed by atoms with Crippen LogP contribution in [0, 0.1) is 0 Å². The zero-order valence-corrected chi connectivity index (χ0v) is 15.3. The van der Waals surface area contributed by atoms with Gasteiger partial charge in [-0.1, -0.05) is 42.5 Å². The first-order valence-electron chi connectivity index (χ1n) is 8.49. The Bertz CT molecular complexity index is 1140. The predicted octanol–water partition coefficient (Wildman–Crippen LogP) is 4.00. The van der Waals surface area contributed by atoms with Crippen LogP contribution in [0.2, 0.25) is 0 Å². The van der Waals surface area contributed by atoms with E-state index in [-0.39, 0.29) is 18.0 Å². The van der Waals surface area contributed by atoms with E-state index in [1.807, 2.05) is 40.3 Å². The van der Waals surface area contributed by atoms with Crippen molar-refractivity contribution in [3.05, 3.63) is 82.5 Å². The van der Waals surface area contributed by atoms with Gasteiger partial charge in [-0.3, -0.25) is 4.79 Å². The average Bonchev–Trinajstić information content (AvgIpc) is 3.22. The van der Waals surface area contributed by atoms with Crippen molar-refractivity contribution in [3.63, 3.8) is 0 Å². The minimum absolute atomic E-state index is 0.0742. The molecule has 1 aliphatic rings. The number of phenols is 1. The van der Waals surface area contributed by atoms with Crippen molar-refractivity contribution in [2.24, 2.45) is 10.2 Å². The molecule has 0 aliphatic heterocycles. The molecule has 0 fully saturated rings. The normalized spacial score (nSPS) is 15.3. The van der Waals surface area contributed by atoms with Crippen molar-refractivity contribution in [2.45, 2.75) is 13.0 Å². The van der Waals surface area contributed by atoms with Crippen molar-refractivity contribution in [1.82, 2.24) is 4.57 Å². The van der Waals surface area contributed by atoms with E-state index in [0.717, 1.165) is 16.8 Å². The van der Waals surface area contributed by atoms with Crippen LogP contribution in [0.5, 0.6) is 5.75 Å². The van der Waals surface area contributed by atoms with Crippen molar-refractivity contribution >= 4 is 22.8 Å². The highest BCUT2D eigenvalue weighted by atomic mass is 32.1. The lowest BCUT2D eigenvalue weighted by atomic mass is 10.1. The largest absolute Gasteiger partial charge is 0.508 e. The molecule has 27 heavy (non-hydrogen) atoms. The van der Waals surface area contributed by atoms with Crippen LogP contribution in [0.4, 0.5) is 0 Å². The summed E-state index contributed by atoms with van der Waals surface area (Å²) in [6.07, 6.45) is 2.06. The smallest absolute Gasteiger partial charge is 0.211 e. The summed E-state index contributed by atoms with van der Waals surface area (Å²) in [5.74, 6) is 0.286. The molecule has 1 heterocycles. The molecule has 2 aromatic carbocycles. The lowest BCUT2D eigenvalue weighted by Crippen LogP contribution is -2.15. The molecule has 0 spiro atoms. The van der Waals surface area contributed by atoms with E-state index >= 15 is 0 Å². The van der Waals surface area contributed by atoms with Gasteiger partial charge >= 0.3 is 0 Å². The number of phenolic OH excluding ortho intramolecular Hbond substituents is 1. The standard InChI is InChI=1S/C21H17N3O2S/c1-2-10-24-19(14-6-5-7-15(25)11-14)13-27-21(24)23-22-18-12-20(26)17-9-4-3-8-16(17)18/h2-9,11,13,25H,1,10,12H2. The number of carbonyl (C=O) groups excluding carboxylic acids is 1. The Morgan fingerprint density at radius 1 is 1.15 bits per heavy atom. The third kappa shape index (κ3) is 3.27. The number of aromatic hydroxyl groups is 1. The Morgan fingerprint density at radius 3 is 2.74 bits per heavy atom.